The number of carbonyl (C=O) groups excluding carboxylic acids is 2. The molecule has 4 nitrogen and oxygen atoms in total. The van der Waals surface area contributed by atoms with Crippen molar-refractivity contribution < 1.29 is 19.1 Å². The highest BCUT2D eigenvalue weighted by molar-refractivity contribution is 6.06. The van der Waals surface area contributed by atoms with Crippen molar-refractivity contribution in [2.24, 2.45) is 5.41 Å². The summed E-state index contributed by atoms with van der Waals surface area (Å²) >= 11 is 0. The van der Waals surface area contributed by atoms with Crippen LogP contribution in [0.4, 0.5) is 0 Å². The van der Waals surface area contributed by atoms with E-state index in [1.165, 1.54) is 0 Å². The summed E-state index contributed by atoms with van der Waals surface area (Å²) in [6, 6.07) is 7.86. The lowest BCUT2D eigenvalue weighted by molar-refractivity contribution is -0.243. The highest BCUT2D eigenvalue weighted by Crippen LogP contribution is 2.62. The third-order valence-electron chi connectivity index (χ3n) is 3.85. The average Bonchev–Trinajstić information content (AvgIpc) is 3.03. The second kappa shape index (κ2) is 3.59. The van der Waals surface area contributed by atoms with Crippen molar-refractivity contribution in [1.29, 1.82) is 0 Å². The van der Waals surface area contributed by atoms with Crippen molar-refractivity contribution in [2.75, 3.05) is 0 Å². The summed E-state index contributed by atoms with van der Waals surface area (Å²) in [7, 11) is 0. The fourth-order valence-electron chi connectivity index (χ4n) is 2.65. The van der Waals surface area contributed by atoms with Gasteiger partial charge in [-0.05, 0) is 18.9 Å². The number of carbonyl (C=O) groups is 2. The van der Waals surface area contributed by atoms with Crippen molar-refractivity contribution in [1.82, 2.24) is 0 Å². The van der Waals surface area contributed by atoms with E-state index in [0.717, 1.165) is 11.1 Å². The van der Waals surface area contributed by atoms with Gasteiger partial charge in [-0.2, -0.15) is 0 Å². The molecule has 1 unspecified atom stereocenters. The topological polar surface area (TPSA) is 52.6 Å². The minimum atomic E-state index is -1.15. The van der Waals surface area contributed by atoms with Gasteiger partial charge < -0.3 is 9.47 Å². The van der Waals surface area contributed by atoms with Gasteiger partial charge in [0.1, 0.15) is 0 Å². The third-order valence-corrected chi connectivity index (χ3v) is 3.85. The van der Waals surface area contributed by atoms with Crippen LogP contribution >= 0.6 is 0 Å². The van der Waals surface area contributed by atoms with Crippen LogP contribution in [0.2, 0.25) is 0 Å². The summed E-state index contributed by atoms with van der Waals surface area (Å²) in [6.07, 6.45) is 0.476. The highest BCUT2D eigenvalue weighted by Gasteiger charge is 2.72. The van der Waals surface area contributed by atoms with Crippen LogP contribution in [0.3, 0.4) is 0 Å². The Kier molecular flexibility index (Phi) is 2.31. The molecule has 0 bridgehead atoms. The molecule has 0 N–H and O–H groups in total. The lowest BCUT2D eigenvalue weighted by atomic mass is 9.97. The van der Waals surface area contributed by atoms with Crippen LogP contribution in [0.1, 0.15) is 37.3 Å². The van der Waals surface area contributed by atoms with Crippen LogP contribution in [0.25, 0.3) is 0 Å². The van der Waals surface area contributed by atoms with E-state index in [9.17, 15) is 9.59 Å². The maximum atomic E-state index is 12.1. The fourth-order valence-corrected chi connectivity index (χ4v) is 2.65. The van der Waals surface area contributed by atoms with Gasteiger partial charge in [-0.15, -0.1) is 0 Å². The zero-order valence-corrected chi connectivity index (χ0v) is 11.2. The van der Waals surface area contributed by atoms with E-state index in [0.29, 0.717) is 6.42 Å². The predicted molar refractivity (Wildman–Crippen MR) is 67.2 cm³/mol. The van der Waals surface area contributed by atoms with E-state index in [4.69, 9.17) is 9.47 Å². The molecule has 1 aliphatic carbocycles. The minimum absolute atomic E-state index is 0.121. The molecule has 0 aromatic heterocycles. The number of hydrogen-bond acceptors (Lipinski definition) is 4. The largest absolute Gasteiger partial charge is 0.422 e. The van der Waals surface area contributed by atoms with Gasteiger partial charge in [-0.3, -0.25) is 9.59 Å². The van der Waals surface area contributed by atoms with Gasteiger partial charge in [-0.25, -0.2) is 0 Å². The van der Waals surface area contributed by atoms with Gasteiger partial charge in [0.05, 0.1) is 0 Å². The maximum absolute atomic E-state index is 12.1. The molecular formula is C15H16O4. The molecule has 1 saturated carbocycles. The second-order valence-corrected chi connectivity index (χ2v) is 5.82. The van der Waals surface area contributed by atoms with Crippen LogP contribution in [-0.4, -0.2) is 17.7 Å². The molecule has 0 radical (unpaired) electrons. The Morgan fingerprint density at radius 1 is 1.05 bits per heavy atom. The molecule has 2 fully saturated rings. The molecule has 1 aromatic carbocycles. The van der Waals surface area contributed by atoms with E-state index in [1.807, 2.05) is 31.2 Å². The van der Waals surface area contributed by atoms with E-state index < -0.39 is 23.1 Å². The van der Waals surface area contributed by atoms with Crippen LogP contribution in [0, 0.1) is 12.3 Å². The smallest absolute Gasteiger partial charge is 0.327 e. The van der Waals surface area contributed by atoms with Crippen LogP contribution < -0.4 is 0 Å². The first-order chi connectivity index (χ1) is 8.85. The van der Waals surface area contributed by atoms with Gasteiger partial charge in [0.2, 0.25) is 0 Å². The number of esters is 2. The first kappa shape index (κ1) is 12.2. The molecule has 1 heterocycles. The van der Waals surface area contributed by atoms with Gasteiger partial charge in [-0.1, -0.05) is 29.8 Å². The van der Waals surface area contributed by atoms with E-state index in [-0.39, 0.29) is 5.92 Å². The Bertz CT molecular complexity index is 536. The number of hydrogen-bond donors (Lipinski definition) is 0. The number of benzene rings is 1. The monoisotopic (exact) mass is 260 g/mol. The maximum Gasteiger partial charge on any atom is 0.327 e. The fraction of sp³-hybridized carbons (Fsp3) is 0.467. The standard InChI is InChI=1S/C15H16O4/c1-9-4-6-10(7-5-9)11-8-15(11)12(16)18-14(2,3)19-13(15)17/h4-7,11H,8H2,1-3H3. The SMILES string of the molecule is Cc1ccc(C2CC23C(=O)OC(C)(C)OC3=O)cc1. The zero-order valence-electron chi connectivity index (χ0n) is 11.2. The van der Waals surface area contributed by atoms with E-state index in [2.05, 4.69) is 0 Å². The Labute approximate surface area is 111 Å². The highest BCUT2D eigenvalue weighted by atomic mass is 16.7. The van der Waals surface area contributed by atoms with Crippen LogP contribution in [-0.2, 0) is 19.1 Å². The molecule has 19 heavy (non-hydrogen) atoms. The Morgan fingerprint density at radius 3 is 2.11 bits per heavy atom. The molecule has 1 aromatic rings. The van der Waals surface area contributed by atoms with E-state index >= 15 is 0 Å². The second-order valence-electron chi connectivity index (χ2n) is 5.82. The van der Waals surface area contributed by atoms with E-state index in [1.54, 1.807) is 13.8 Å². The number of cyclic esters (lactones) is 2. The quantitative estimate of drug-likeness (QED) is 0.574. The summed E-state index contributed by atoms with van der Waals surface area (Å²) < 4.78 is 10.4. The van der Waals surface area contributed by atoms with Gasteiger partial charge >= 0.3 is 11.9 Å². The number of ether oxygens (including phenoxy) is 2. The molecule has 1 atom stereocenters. The van der Waals surface area contributed by atoms with Gasteiger partial charge in [0.25, 0.3) is 5.79 Å². The van der Waals surface area contributed by atoms with Gasteiger partial charge in [0.15, 0.2) is 5.41 Å². The van der Waals surface area contributed by atoms with Crippen molar-refractivity contribution >= 4 is 11.9 Å². The van der Waals surface area contributed by atoms with Crippen molar-refractivity contribution in [2.45, 2.75) is 38.9 Å². The lowest BCUT2D eigenvalue weighted by Crippen LogP contribution is -2.48. The first-order valence-electron chi connectivity index (χ1n) is 6.39. The molecule has 0 amide bonds. The summed E-state index contributed by atoms with van der Waals surface area (Å²) in [5, 5.41) is 0. The Hall–Kier alpha value is -1.84. The third kappa shape index (κ3) is 1.74. The van der Waals surface area contributed by atoms with Crippen LogP contribution in [0.15, 0.2) is 24.3 Å². The van der Waals surface area contributed by atoms with Crippen LogP contribution in [0.5, 0.6) is 0 Å². The summed E-state index contributed by atoms with van der Waals surface area (Å²) in [4.78, 5) is 24.3. The molecule has 1 aliphatic heterocycles. The number of aryl methyl sites for hydroxylation is 1. The Balaban J connectivity index is 1.89. The lowest BCUT2D eigenvalue weighted by Gasteiger charge is -2.33. The van der Waals surface area contributed by atoms with Gasteiger partial charge in [0, 0.05) is 19.8 Å². The summed E-state index contributed by atoms with van der Waals surface area (Å²) in [6.45, 7) is 5.13. The minimum Gasteiger partial charge on any atom is -0.422 e. The summed E-state index contributed by atoms with van der Waals surface area (Å²) in [5.41, 5.74) is 1.03. The molecule has 1 spiro atoms. The normalized spacial score (nSPS) is 26.8. The molecule has 100 valence electrons. The van der Waals surface area contributed by atoms with Crippen molar-refractivity contribution in [3.05, 3.63) is 35.4 Å². The van der Waals surface area contributed by atoms with Crippen molar-refractivity contribution in [3.8, 4) is 0 Å². The molecular weight excluding hydrogens is 244 g/mol. The van der Waals surface area contributed by atoms with Crippen molar-refractivity contribution in [3.63, 3.8) is 0 Å². The predicted octanol–water partition coefficient (Wildman–Crippen LogP) is 2.30. The molecule has 2 aliphatic rings. The molecule has 1 saturated heterocycles. The zero-order chi connectivity index (χ0) is 13.8. The Morgan fingerprint density at radius 2 is 1.58 bits per heavy atom. The molecule has 4 heteroatoms. The first-order valence-corrected chi connectivity index (χ1v) is 6.39. The molecule has 3 rings (SSSR count). The number of rotatable bonds is 1. The summed E-state index contributed by atoms with van der Waals surface area (Å²) in [5.74, 6) is -2.19. The average molecular weight is 260 g/mol.